The molecule has 0 aliphatic heterocycles. The Labute approximate surface area is 111 Å². The van der Waals surface area contributed by atoms with Gasteiger partial charge < -0.3 is 9.88 Å². The lowest BCUT2D eigenvalue weighted by molar-refractivity contribution is 0.0823. The number of H-pyrrole nitrogens is 1. The summed E-state index contributed by atoms with van der Waals surface area (Å²) in [5.41, 5.74) is 2.87. The highest BCUT2D eigenvalue weighted by Gasteiger charge is 2.13. The van der Waals surface area contributed by atoms with Crippen LogP contribution in [0.4, 0.5) is 0 Å². The van der Waals surface area contributed by atoms with E-state index >= 15 is 0 Å². The third kappa shape index (κ3) is 1.78. The van der Waals surface area contributed by atoms with Gasteiger partial charge in [0.05, 0.1) is 0 Å². The van der Waals surface area contributed by atoms with Crippen LogP contribution in [-0.4, -0.2) is 29.9 Å². The van der Waals surface area contributed by atoms with Crippen LogP contribution in [0, 0.1) is 6.92 Å². The van der Waals surface area contributed by atoms with Crippen LogP contribution in [0.25, 0.3) is 21.7 Å². The lowest BCUT2D eigenvalue weighted by atomic mass is 10.0. The second-order valence-corrected chi connectivity index (χ2v) is 5.08. The molecule has 96 valence electrons. The minimum absolute atomic E-state index is 0.00191. The fraction of sp³-hybridized carbons (Fsp3) is 0.188. The van der Waals surface area contributed by atoms with E-state index in [1.165, 1.54) is 16.3 Å². The minimum atomic E-state index is -0.00191. The molecule has 0 spiro atoms. The Morgan fingerprint density at radius 2 is 1.74 bits per heavy atom. The predicted molar refractivity (Wildman–Crippen MR) is 78.6 cm³/mol. The highest BCUT2D eigenvalue weighted by Crippen LogP contribution is 2.29. The molecule has 1 amide bonds. The number of hydrogen-bond donors (Lipinski definition) is 1. The molecule has 3 nitrogen and oxygen atoms in total. The number of carbonyl (C=O) groups excluding carboxylic acids is 1. The van der Waals surface area contributed by atoms with Crippen molar-refractivity contribution in [3.8, 4) is 0 Å². The number of hydrogen-bond acceptors (Lipinski definition) is 1. The van der Waals surface area contributed by atoms with E-state index in [1.807, 2.05) is 18.2 Å². The number of rotatable bonds is 1. The normalized spacial score (nSPS) is 11.1. The lowest BCUT2D eigenvalue weighted by Crippen LogP contribution is -2.21. The molecule has 0 bridgehead atoms. The molecular formula is C16H16N2O. The number of carbonyl (C=O) groups is 1. The van der Waals surface area contributed by atoms with Gasteiger partial charge in [0.15, 0.2) is 0 Å². The fourth-order valence-electron chi connectivity index (χ4n) is 2.52. The summed E-state index contributed by atoms with van der Waals surface area (Å²) >= 11 is 0. The Kier molecular flexibility index (Phi) is 2.56. The second-order valence-electron chi connectivity index (χ2n) is 5.08. The van der Waals surface area contributed by atoms with E-state index in [0.29, 0.717) is 5.69 Å². The quantitative estimate of drug-likeness (QED) is 0.708. The zero-order valence-electron chi connectivity index (χ0n) is 11.3. The van der Waals surface area contributed by atoms with E-state index < -0.39 is 0 Å². The summed E-state index contributed by atoms with van der Waals surface area (Å²) in [6, 6.07) is 12.3. The smallest absolute Gasteiger partial charge is 0.269 e. The molecule has 0 aliphatic rings. The monoisotopic (exact) mass is 252 g/mol. The molecule has 0 saturated carbocycles. The number of fused-ring (bicyclic) bond motifs is 3. The summed E-state index contributed by atoms with van der Waals surface area (Å²) in [5.74, 6) is -0.00191. The van der Waals surface area contributed by atoms with E-state index in [4.69, 9.17) is 0 Å². The van der Waals surface area contributed by atoms with Crippen LogP contribution >= 0.6 is 0 Å². The number of aryl methyl sites for hydroxylation is 1. The number of aromatic nitrogens is 1. The third-order valence-corrected chi connectivity index (χ3v) is 3.49. The van der Waals surface area contributed by atoms with Crippen LogP contribution in [0.3, 0.4) is 0 Å². The van der Waals surface area contributed by atoms with Crippen LogP contribution in [0.5, 0.6) is 0 Å². The summed E-state index contributed by atoms with van der Waals surface area (Å²) in [6.07, 6.45) is 0. The Morgan fingerprint density at radius 3 is 2.42 bits per heavy atom. The maximum atomic E-state index is 12.0. The van der Waals surface area contributed by atoms with Crippen molar-refractivity contribution in [3.05, 3.63) is 47.7 Å². The Hall–Kier alpha value is -2.29. The van der Waals surface area contributed by atoms with Crippen molar-refractivity contribution in [2.24, 2.45) is 0 Å². The first-order chi connectivity index (χ1) is 9.08. The SMILES string of the molecule is Cc1cc2[nH]c(C(=O)N(C)C)cc2c2ccccc12. The van der Waals surface area contributed by atoms with Crippen molar-refractivity contribution < 1.29 is 4.79 Å². The van der Waals surface area contributed by atoms with Crippen molar-refractivity contribution in [3.63, 3.8) is 0 Å². The van der Waals surface area contributed by atoms with E-state index in [1.54, 1.807) is 19.0 Å². The first-order valence-corrected chi connectivity index (χ1v) is 6.30. The maximum Gasteiger partial charge on any atom is 0.269 e. The number of benzene rings is 2. The van der Waals surface area contributed by atoms with Crippen LogP contribution in [0.1, 0.15) is 16.1 Å². The van der Waals surface area contributed by atoms with Crippen LogP contribution < -0.4 is 0 Å². The molecular weight excluding hydrogens is 236 g/mol. The molecule has 0 atom stereocenters. The Bertz CT molecular complexity index is 784. The summed E-state index contributed by atoms with van der Waals surface area (Å²) in [4.78, 5) is 16.8. The van der Waals surface area contributed by atoms with Gasteiger partial charge in [-0.25, -0.2) is 0 Å². The fourth-order valence-corrected chi connectivity index (χ4v) is 2.52. The summed E-state index contributed by atoms with van der Waals surface area (Å²) < 4.78 is 0. The van der Waals surface area contributed by atoms with Crippen molar-refractivity contribution in [1.29, 1.82) is 0 Å². The Balaban J connectivity index is 2.34. The van der Waals surface area contributed by atoms with Gasteiger partial charge in [0, 0.05) is 25.0 Å². The first kappa shape index (κ1) is 11.8. The van der Waals surface area contributed by atoms with Gasteiger partial charge in [-0.3, -0.25) is 4.79 Å². The maximum absolute atomic E-state index is 12.0. The highest BCUT2D eigenvalue weighted by molar-refractivity contribution is 6.10. The minimum Gasteiger partial charge on any atom is -0.350 e. The molecule has 1 N–H and O–H groups in total. The number of nitrogens with zero attached hydrogens (tertiary/aromatic N) is 1. The molecule has 0 fully saturated rings. The number of aromatic amines is 1. The van der Waals surface area contributed by atoms with Gasteiger partial charge in [0.2, 0.25) is 0 Å². The zero-order chi connectivity index (χ0) is 13.6. The largest absolute Gasteiger partial charge is 0.350 e. The molecule has 3 heteroatoms. The number of nitrogens with one attached hydrogen (secondary N) is 1. The number of amides is 1. The summed E-state index contributed by atoms with van der Waals surface area (Å²) in [7, 11) is 3.52. The van der Waals surface area contributed by atoms with Crippen LogP contribution in [0.2, 0.25) is 0 Å². The molecule has 2 aromatic carbocycles. The highest BCUT2D eigenvalue weighted by atomic mass is 16.2. The van der Waals surface area contributed by atoms with Gasteiger partial charge >= 0.3 is 0 Å². The van der Waals surface area contributed by atoms with Crippen molar-refractivity contribution >= 4 is 27.6 Å². The topological polar surface area (TPSA) is 36.1 Å². The van der Waals surface area contributed by atoms with E-state index in [2.05, 4.69) is 30.1 Å². The molecule has 1 aromatic heterocycles. The molecule has 0 saturated heterocycles. The molecule has 3 aromatic rings. The lowest BCUT2D eigenvalue weighted by Gasteiger charge is -2.07. The Morgan fingerprint density at radius 1 is 1.05 bits per heavy atom. The summed E-state index contributed by atoms with van der Waals surface area (Å²) in [5, 5.41) is 3.52. The molecule has 1 heterocycles. The van der Waals surface area contributed by atoms with Gasteiger partial charge in [-0.1, -0.05) is 24.3 Å². The van der Waals surface area contributed by atoms with Crippen molar-refractivity contribution in [2.45, 2.75) is 6.92 Å². The zero-order valence-corrected chi connectivity index (χ0v) is 11.3. The standard InChI is InChI=1S/C16H16N2O/c1-10-8-14-13(12-7-5-4-6-11(10)12)9-15(17-14)16(19)18(2)3/h4-9,17H,1-3H3. The van der Waals surface area contributed by atoms with Gasteiger partial charge in [0.25, 0.3) is 5.91 Å². The van der Waals surface area contributed by atoms with E-state index in [0.717, 1.165) is 10.9 Å². The van der Waals surface area contributed by atoms with Gasteiger partial charge in [-0.05, 0) is 35.4 Å². The molecule has 0 radical (unpaired) electrons. The average molecular weight is 252 g/mol. The second kappa shape index (κ2) is 4.12. The van der Waals surface area contributed by atoms with E-state index in [-0.39, 0.29) is 5.91 Å². The molecule has 3 rings (SSSR count). The third-order valence-electron chi connectivity index (χ3n) is 3.49. The van der Waals surface area contributed by atoms with Gasteiger partial charge in [-0.2, -0.15) is 0 Å². The van der Waals surface area contributed by atoms with Crippen molar-refractivity contribution in [1.82, 2.24) is 9.88 Å². The molecule has 0 unspecified atom stereocenters. The van der Waals surface area contributed by atoms with Crippen molar-refractivity contribution in [2.75, 3.05) is 14.1 Å². The van der Waals surface area contributed by atoms with E-state index in [9.17, 15) is 4.79 Å². The summed E-state index contributed by atoms with van der Waals surface area (Å²) in [6.45, 7) is 2.09. The van der Waals surface area contributed by atoms with Gasteiger partial charge in [0.1, 0.15) is 5.69 Å². The average Bonchev–Trinajstić information content (AvgIpc) is 2.82. The van der Waals surface area contributed by atoms with Gasteiger partial charge in [-0.15, -0.1) is 0 Å². The van der Waals surface area contributed by atoms with Crippen LogP contribution in [-0.2, 0) is 0 Å². The predicted octanol–water partition coefficient (Wildman–Crippen LogP) is 3.33. The first-order valence-electron chi connectivity index (χ1n) is 6.30. The van der Waals surface area contributed by atoms with Crippen LogP contribution in [0.15, 0.2) is 36.4 Å². The molecule has 0 aliphatic carbocycles. The molecule has 19 heavy (non-hydrogen) atoms.